The van der Waals surface area contributed by atoms with E-state index < -0.39 is 0 Å². The molecule has 0 aliphatic rings. The van der Waals surface area contributed by atoms with Crippen LogP contribution in [-0.2, 0) is 6.42 Å². The lowest BCUT2D eigenvalue weighted by molar-refractivity contribution is 0.954. The van der Waals surface area contributed by atoms with Crippen molar-refractivity contribution in [3.63, 3.8) is 0 Å². The molecule has 0 fully saturated rings. The van der Waals surface area contributed by atoms with Gasteiger partial charge in [-0.3, -0.25) is 0 Å². The van der Waals surface area contributed by atoms with Crippen LogP contribution in [0.4, 0.5) is 0 Å². The number of aryl methyl sites for hydroxylation is 1. The van der Waals surface area contributed by atoms with Crippen molar-refractivity contribution in [3.05, 3.63) is 26.7 Å². The molecule has 2 rings (SSSR count). The molecule has 4 heteroatoms. The zero-order chi connectivity index (χ0) is 9.97. The largest absolute Gasteiger partial charge is 0.330 e. The van der Waals surface area contributed by atoms with Crippen molar-refractivity contribution in [2.24, 2.45) is 5.73 Å². The molecule has 74 valence electrons. The van der Waals surface area contributed by atoms with Crippen molar-refractivity contribution in [3.8, 4) is 11.3 Å². The topological polar surface area (TPSA) is 38.9 Å². The fraction of sp³-hybridized carbons (Fsp3) is 0.300. The van der Waals surface area contributed by atoms with Gasteiger partial charge >= 0.3 is 0 Å². The van der Waals surface area contributed by atoms with E-state index in [9.17, 15) is 0 Å². The van der Waals surface area contributed by atoms with Crippen molar-refractivity contribution in [2.45, 2.75) is 13.3 Å². The van der Waals surface area contributed by atoms with Crippen molar-refractivity contribution >= 4 is 22.7 Å². The van der Waals surface area contributed by atoms with E-state index in [0.717, 1.165) is 17.1 Å². The van der Waals surface area contributed by atoms with Gasteiger partial charge in [0.1, 0.15) is 0 Å². The van der Waals surface area contributed by atoms with Crippen LogP contribution in [0.15, 0.2) is 16.8 Å². The summed E-state index contributed by atoms with van der Waals surface area (Å²) in [6.45, 7) is 2.79. The molecule has 0 saturated heterocycles. The van der Waals surface area contributed by atoms with Crippen LogP contribution in [0, 0.1) is 6.92 Å². The number of thiazole rings is 1. The lowest BCUT2D eigenvalue weighted by Crippen LogP contribution is -2.01. The zero-order valence-corrected chi connectivity index (χ0v) is 9.62. The number of rotatable bonds is 3. The third-order valence-electron chi connectivity index (χ3n) is 1.99. The summed E-state index contributed by atoms with van der Waals surface area (Å²) in [6, 6.07) is 2.11. The van der Waals surface area contributed by atoms with E-state index in [4.69, 9.17) is 5.73 Å². The number of thiophene rings is 1. The van der Waals surface area contributed by atoms with Gasteiger partial charge in [0.2, 0.25) is 0 Å². The van der Waals surface area contributed by atoms with Gasteiger partial charge in [0.05, 0.1) is 10.7 Å². The van der Waals surface area contributed by atoms with Gasteiger partial charge in [-0.05, 0) is 24.9 Å². The molecule has 0 amide bonds. The molecule has 0 atom stereocenters. The van der Waals surface area contributed by atoms with Crippen LogP contribution in [-0.4, -0.2) is 11.5 Å². The van der Waals surface area contributed by atoms with Crippen molar-refractivity contribution < 1.29 is 0 Å². The Bertz CT molecular complexity index is 404. The van der Waals surface area contributed by atoms with Gasteiger partial charge < -0.3 is 5.73 Å². The first-order valence-corrected chi connectivity index (χ1v) is 6.26. The minimum absolute atomic E-state index is 0.677. The van der Waals surface area contributed by atoms with Gasteiger partial charge in [-0.25, -0.2) is 4.98 Å². The Hall–Kier alpha value is -0.710. The quantitative estimate of drug-likeness (QED) is 0.870. The minimum atomic E-state index is 0.677. The lowest BCUT2D eigenvalue weighted by atomic mass is 10.2. The van der Waals surface area contributed by atoms with E-state index in [1.807, 2.05) is 0 Å². The third-order valence-corrected chi connectivity index (χ3v) is 3.71. The Labute approximate surface area is 91.4 Å². The molecule has 0 spiro atoms. The van der Waals surface area contributed by atoms with Crippen LogP contribution in [0.2, 0.25) is 0 Å². The first-order valence-electron chi connectivity index (χ1n) is 4.50. The van der Waals surface area contributed by atoms with Gasteiger partial charge in [-0.2, -0.15) is 11.3 Å². The summed E-state index contributed by atoms with van der Waals surface area (Å²) < 4.78 is 0. The molecule has 2 aromatic rings. The molecule has 2 heterocycles. The fourth-order valence-corrected chi connectivity index (χ4v) is 2.96. The molecule has 0 saturated carbocycles. The SMILES string of the molecule is Cc1sc(CCN)nc1-c1ccsc1. The van der Waals surface area contributed by atoms with Crippen LogP contribution in [0.3, 0.4) is 0 Å². The average Bonchev–Trinajstić information content (AvgIpc) is 2.74. The molecule has 0 bridgehead atoms. The Morgan fingerprint density at radius 1 is 1.50 bits per heavy atom. The molecular weight excluding hydrogens is 212 g/mol. The molecule has 0 radical (unpaired) electrons. The molecule has 2 N–H and O–H groups in total. The number of hydrogen-bond donors (Lipinski definition) is 1. The Morgan fingerprint density at radius 2 is 2.36 bits per heavy atom. The van der Waals surface area contributed by atoms with Crippen LogP contribution < -0.4 is 5.73 Å². The molecule has 2 aromatic heterocycles. The summed E-state index contributed by atoms with van der Waals surface area (Å²) in [4.78, 5) is 5.87. The molecule has 0 aliphatic heterocycles. The monoisotopic (exact) mass is 224 g/mol. The minimum Gasteiger partial charge on any atom is -0.330 e. The average molecular weight is 224 g/mol. The van der Waals surface area contributed by atoms with Gasteiger partial charge in [0.15, 0.2) is 0 Å². The first-order chi connectivity index (χ1) is 6.81. The highest BCUT2D eigenvalue weighted by molar-refractivity contribution is 7.12. The standard InChI is InChI=1S/C10H12N2S2/c1-7-10(8-3-5-13-6-8)12-9(14-7)2-4-11/h3,5-6H,2,4,11H2,1H3. The van der Waals surface area contributed by atoms with Gasteiger partial charge in [0.25, 0.3) is 0 Å². The van der Waals surface area contributed by atoms with E-state index in [1.165, 1.54) is 10.4 Å². The molecular formula is C10H12N2S2. The maximum atomic E-state index is 5.51. The van der Waals surface area contributed by atoms with Gasteiger partial charge in [-0.15, -0.1) is 11.3 Å². The molecule has 2 nitrogen and oxygen atoms in total. The van der Waals surface area contributed by atoms with Crippen molar-refractivity contribution in [2.75, 3.05) is 6.54 Å². The van der Waals surface area contributed by atoms with E-state index in [1.54, 1.807) is 22.7 Å². The maximum absolute atomic E-state index is 5.51. The summed E-state index contributed by atoms with van der Waals surface area (Å²) >= 11 is 3.46. The summed E-state index contributed by atoms with van der Waals surface area (Å²) in [5.74, 6) is 0. The molecule has 0 aliphatic carbocycles. The van der Waals surface area contributed by atoms with E-state index in [-0.39, 0.29) is 0 Å². The number of aromatic nitrogens is 1. The summed E-state index contributed by atoms with van der Waals surface area (Å²) in [6.07, 6.45) is 0.885. The van der Waals surface area contributed by atoms with Crippen LogP contribution in [0.1, 0.15) is 9.88 Å². The highest BCUT2D eigenvalue weighted by atomic mass is 32.1. The van der Waals surface area contributed by atoms with E-state index in [2.05, 4.69) is 28.7 Å². The molecule has 14 heavy (non-hydrogen) atoms. The normalized spacial score (nSPS) is 10.7. The highest BCUT2D eigenvalue weighted by Crippen LogP contribution is 2.28. The molecule has 0 aromatic carbocycles. The van der Waals surface area contributed by atoms with Gasteiger partial charge in [-0.1, -0.05) is 0 Å². The maximum Gasteiger partial charge on any atom is 0.0947 e. The Balaban J connectivity index is 2.35. The summed E-state index contributed by atoms with van der Waals surface area (Å²) in [7, 11) is 0. The lowest BCUT2D eigenvalue weighted by Gasteiger charge is -1.91. The highest BCUT2D eigenvalue weighted by Gasteiger charge is 2.08. The Kier molecular flexibility index (Phi) is 2.96. The predicted octanol–water partition coefficient (Wildman–Crippen LogP) is 2.68. The molecule has 0 unspecified atom stereocenters. The predicted molar refractivity (Wildman–Crippen MR) is 62.9 cm³/mol. The Morgan fingerprint density at radius 3 is 3.00 bits per heavy atom. The first kappa shape index (κ1) is 9.83. The van der Waals surface area contributed by atoms with E-state index >= 15 is 0 Å². The van der Waals surface area contributed by atoms with Crippen LogP contribution in [0.25, 0.3) is 11.3 Å². The van der Waals surface area contributed by atoms with Crippen molar-refractivity contribution in [1.82, 2.24) is 4.98 Å². The van der Waals surface area contributed by atoms with Gasteiger partial charge in [0, 0.05) is 22.2 Å². The fourth-order valence-electron chi connectivity index (χ4n) is 1.35. The number of hydrogen-bond acceptors (Lipinski definition) is 4. The summed E-state index contributed by atoms with van der Waals surface area (Å²) in [5.41, 5.74) is 7.86. The van der Waals surface area contributed by atoms with Crippen LogP contribution >= 0.6 is 22.7 Å². The van der Waals surface area contributed by atoms with Crippen molar-refractivity contribution in [1.29, 1.82) is 0 Å². The second-order valence-electron chi connectivity index (χ2n) is 3.06. The number of nitrogens with two attached hydrogens (primary N) is 1. The summed E-state index contributed by atoms with van der Waals surface area (Å²) in [5, 5.41) is 5.36. The second-order valence-corrected chi connectivity index (χ2v) is 5.13. The zero-order valence-electron chi connectivity index (χ0n) is 7.99. The third kappa shape index (κ3) is 1.87. The van der Waals surface area contributed by atoms with Crippen LogP contribution in [0.5, 0.6) is 0 Å². The smallest absolute Gasteiger partial charge is 0.0947 e. The van der Waals surface area contributed by atoms with E-state index in [0.29, 0.717) is 6.54 Å². The number of nitrogens with zero attached hydrogens (tertiary/aromatic N) is 1. The second kappa shape index (κ2) is 4.21.